The minimum absolute atomic E-state index is 0.0673. The smallest absolute Gasteiger partial charge is 0.251 e. The molecule has 1 amide bonds. The number of carbonyl (C=O) groups excluding carboxylic acids is 1. The SMILES string of the molecule is CN/C(=C\F)COc1ccc2c(c1)CC(C)(C)NC2=O. The molecule has 1 aromatic rings. The van der Waals surface area contributed by atoms with Crippen LogP contribution in [0.1, 0.15) is 29.8 Å². The van der Waals surface area contributed by atoms with Crippen LogP contribution in [0.15, 0.2) is 30.2 Å². The Morgan fingerprint density at radius 1 is 1.55 bits per heavy atom. The summed E-state index contributed by atoms with van der Waals surface area (Å²) in [6.45, 7) is 4.08. The van der Waals surface area contributed by atoms with Crippen LogP contribution in [-0.2, 0) is 6.42 Å². The first-order valence-electron chi connectivity index (χ1n) is 6.50. The van der Waals surface area contributed by atoms with Crippen molar-refractivity contribution < 1.29 is 13.9 Å². The van der Waals surface area contributed by atoms with Gasteiger partial charge in [-0.15, -0.1) is 0 Å². The van der Waals surface area contributed by atoms with Crippen molar-refractivity contribution in [2.75, 3.05) is 13.7 Å². The molecule has 1 aromatic carbocycles. The van der Waals surface area contributed by atoms with Crippen molar-refractivity contribution in [3.63, 3.8) is 0 Å². The lowest BCUT2D eigenvalue weighted by molar-refractivity contribution is 0.0897. The molecule has 0 saturated heterocycles. The third kappa shape index (κ3) is 3.10. The van der Waals surface area contributed by atoms with Crippen LogP contribution in [0.5, 0.6) is 5.75 Å². The second-order valence-corrected chi connectivity index (χ2v) is 5.51. The van der Waals surface area contributed by atoms with E-state index in [1.807, 2.05) is 19.9 Å². The van der Waals surface area contributed by atoms with E-state index in [0.717, 1.165) is 12.0 Å². The first-order valence-corrected chi connectivity index (χ1v) is 6.50. The summed E-state index contributed by atoms with van der Waals surface area (Å²) in [7, 11) is 1.63. The number of rotatable bonds is 4. The maximum atomic E-state index is 12.4. The molecule has 2 rings (SSSR count). The molecule has 1 aliphatic rings. The molecule has 0 unspecified atom stereocenters. The second kappa shape index (κ2) is 5.53. The van der Waals surface area contributed by atoms with E-state index in [1.165, 1.54) is 0 Å². The van der Waals surface area contributed by atoms with Gasteiger partial charge in [-0.2, -0.15) is 0 Å². The van der Waals surface area contributed by atoms with Crippen LogP contribution in [0, 0.1) is 0 Å². The van der Waals surface area contributed by atoms with E-state index < -0.39 is 0 Å². The van der Waals surface area contributed by atoms with Crippen molar-refractivity contribution in [2.45, 2.75) is 25.8 Å². The van der Waals surface area contributed by atoms with Crippen molar-refractivity contribution in [3.05, 3.63) is 41.4 Å². The maximum Gasteiger partial charge on any atom is 0.251 e. The molecule has 0 bridgehead atoms. The van der Waals surface area contributed by atoms with Gasteiger partial charge >= 0.3 is 0 Å². The normalized spacial score (nSPS) is 17.2. The summed E-state index contributed by atoms with van der Waals surface area (Å²) in [6, 6.07) is 5.32. The average molecular weight is 278 g/mol. The number of nitrogens with one attached hydrogen (secondary N) is 2. The number of fused-ring (bicyclic) bond motifs is 1. The second-order valence-electron chi connectivity index (χ2n) is 5.51. The Balaban J connectivity index is 2.17. The summed E-state index contributed by atoms with van der Waals surface area (Å²) in [5.41, 5.74) is 1.72. The van der Waals surface area contributed by atoms with Crippen LogP contribution in [0.2, 0.25) is 0 Å². The van der Waals surface area contributed by atoms with Crippen LogP contribution in [-0.4, -0.2) is 25.1 Å². The zero-order valence-corrected chi connectivity index (χ0v) is 11.9. The number of hydrogen-bond acceptors (Lipinski definition) is 3. The largest absolute Gasteiger partial charge is 0.487 e. The molecule has 0 aromatic heterocycles. The highest BCUT2D eigenvalue weighted by Crippen LogP contribution is 2.26. The van der Waals surface area contributed by atoms with Crippen molar-refractivity contribution in [1.29, 1.82) is 0 Å². The summed E-state index contributed by atoms with van der Waals surface area (Å²) in [4.78, 5) is 12.0. The molecule has 20 heavy (non-hydrogen) atoms. The summed E-state index contributed by atoms with van der Waals surface area (Å²) >= 11 is 0. The Morgan fingerprint density at radius 2 is 2.30 bits per heavy atom. The lowest BCUT2D eigenvalue weighted by Gasteiger charge is -2.32. The predicted molar refractivity (Wildman–Crippen MR) is 75.4 cm³/mol. The third-order valence-corrected chi connectivity index (χ3v) is 3.25. The van der Waals surface area contributed by atoms with E-state index in [2.05, 4.69) is 10.6 Å². The van der Waals surface area contributed by atoms with E-state index in [1.54, 1.807) is 19.2 Å². The fourth-order valence-electron chi connectivity index (χ4n) is 2.24. The van der Waals surface area contributed by atoms with Gasteiger partial charge in [0, 0.05) is 18.2 Å². The summed E-state index contributed by atoms with van der Waals surface area (Å²) < 4.78 is 17.9. The summed E-state index contributed by atoms with van der Waals surface area (Å²) in [5, 5.41) is 5.65. The Hall–Kier alpha value is -2.04. The molecule has 0 atom stereocenters. The van der Waals surface area contributed by atoms with Crippen molar-refractivity contribution >= 4 is 5.91 Å². The zero-order valence-electron chi connectivity index (χ0n) is 11.9. The highest BCUT2D eigenvalue weighted by atomic mass is 19.1. The van der Waals surface area contributed by atoms with Crippen molar-refractivity contribution in [3.8, 4) is 5.75 Å². The molecule has 2 N–H and O–H groups in total. The number of carbonyl (C=O) groups is 1. The number of ether oxygens (including phenoxy) is 1. The Bertz CT molecular complexity index is 553. The number of amides is 1. The first-order chi connectivity index (χ1) is 9.45. The standard InChI is InChI=1S/C15H19FN2O2/c1-15(2)7-10-6-12(20-9-11(8-16)17-3)4-5-13(10)14(19)18-15/h4-6,8,17H,7,9H2,1-3H3,(H,18,19)/b11-8-. The number of benzene rings is 1. The van der Waals surface area contributed by atoms with E-state index in [9.17, 15) is 9.18 Å². The molecule has 0 aliphatic carbocycles. The highest BCUT2D eigenvalue weighted by Gasteiger charge is 2.29. The van der Waals surface area contributed by atoms with Crippen LogP contribution in [0.4, 0.5) is 4.39 Å². The molecule has 0 saturated carbocycles. The minimum Gasteiger partial charge on any atom is -0.487 e. The van der Waals surface area contributed by atoms with E-state index in [4.69, 9.17) is 4.74 Å². The Labute approximate surface area is 118 Å². The topological polar surface area (TPSA) is 50.4 Å². The molecule has 0 fully saturated rings. The van der Waals surface area contributed by atoms with Crippen LogP contribution < -0.4 is 15.4 Å². The lowest BCUT2D eigenvalue weighted by Crippen LogP contribution is -2.49. The van der Waals surface area contributed by atoms with Crippen LogP contribution in [0.25, 0.3) is 0 Å². The van der Waals surface area contributed by atoms with Gasteiger partial charge in [0.2, 0.25) is 0 Å². The van der Waals surface area contributed by atoms with Gasteiger partial charge in [0.05, 0.1) is 5.70 Å². The van der Waals surface area contributed by atoms with Crippen LogP contribution in [0.3, 0.4) is 0 Å². The molecular weight excluding hydrogens is 259 g/mol. The Morgan fingerprint density at radius 3 is 2.95 bits per heavy atom. The minimum atomic E-state index is -0.266. The van der Waals surface area contributed by atoms with E-state index in [-0.39, 0.29) is 18.1 Å². The fraction of sp³-hybridized carbons (Fsp3) is 0.400. The van der Waals surface area contributed by atoms with Crippen LogP contribution >= 0.6 is 0 Å². The molecule has 108 valence electrons. The van der Waals surface area contributed by atoms with Gasteiger partial charge < -0.3 is 15.4 Å². The Kier molecular flexibility index (Phi) is 3.97. The van der Waals surface area contributed by atoms with Gasteiger partial charge in [-0.05, 0) is 44.0 Å². The van der Waals surface area contributed by atoms with Crippen molar-refractivity contribution in [2.24, 2.45) is 0 Å². The zero-order chi connectivity index (χ0) is 14.8. The molecule has 5 heteroatoms. The summed E-state index contributed by atoms with van der Waals surface area (Å²) in [5.74, 6) is 0.561. The van der Waals surface area contributed by atoms with Gasteiger partial charge in [-0.25, -0.2) is 4.39 Å². The van der Waals surface area contributed by atoms with Gasteiger partial charge in [0.25, 0.3) is 5.91 Å². The monoisotopic (exact) mass is 278 g/mol. The molecular formula is C15H19FN2O2. The van der Waals surface area contributed by atoms with Gasteiger partial charge in [-0.1, -0.05) is 0 Å². The molecule has 1 heterocycles. The first kappa shape index (κ1) is 14.4. The van der Waals surface area contributed by atoms with E-state index in [0.29, 0.717) is 23.3 Å². The average Bonchev–Trinajstić information content (AvgIpc) is 2.38. The third-order valence-electron chi connectivity index (χ3n) is 3.25. The molecule has 0 spiro atoms. The molecule has 1 aliphatic heterocycles. The number of hydrogen-bond donors (Lipinski definition) is 2. The predicted octanol–water partition coefficient (Wildman–Crippen LogP) is 2.16. The van der Waals surface area contributed by atoms with Crippen molar-refractivity contribution in [1.82, 2.24) is 10.6 Å². The number of halogens is 1. The maximum absolute atomic E-state index is 12.4. The van der Waals surface area contributed by atoms with Gasteiger partial charge in [-0.3, -0.25) is 4.79 Å². The van der Waals surface area contributed by atoms with Gasteiger partial charge in [0.1, 0.15) is 18.7 Å². The highest BCUT2D eigenvalue weighted by molar-refractivity contribution is 5.97. The quantitative estimate of drug-likeness (QED) is 0.887. The summed E-state index contributed by atoms with van der Waals surface area (Å²) in [6.07, 6.45) is 1.22. The lowest BCUT2D eigenvalue weighted by atomic mass is 9.87. The fourth-order valence-corrected chi connectivity index (χ4v) is 2.24. The van der Waals surface area contributed by atoms with Gasteiger partial charge in [0.15, 0.2) is 0 Å². The molecule has 4 nitrogen and oxygen atoms in total. The molecule has 0 radical (unpaired) electrons. The van der Waals surface area contributed by atoms with E-state index >= 15 is 0 Å². The number of likely N-dealkylation sites (N-methyl/N-ethyl adjacent to an activating group) is 1.